The van der Waals surface area contributed by atoms with Crippen molar-refractivity contribution in [2.24, 2.45) is 5.73 Å². The number of nitrogens with two attached hydrogens (primary N) is 1. The molecule has 0 amide bonds. The van der Waals surface area contributed by atoms with Gasteiger partial charge in [0, 0.05) is 30.9 Å². The van der Waals surface area contributed by atoms with Crippen LogP contribution in [0.1, 0.15) is 60.3 Å². The Morgan fingerprint density at radius 2 is 1.66 bits per heavy atom. The highest BCUT2D eigenvalue weighted by Crippen LogP contribution is 2.35. The summed E-state index contributed by atoms with van der Waals surface area (Å²) in [5.41, 5.74) is 11.4. The van der Waals surface area contributed by atoms with Crippen molar-refractivity contribution in [3.8, 4) is 0 Å². The second-order valence-corrected chi connectivity index (χ2v) is 9.09. The maximum atomic E-state index is 14.7. The maximum absolute atomic E-state index is 14.7. The SMILES string of the molecule is Cc1cnc(CN(CCCCN)Cc2ncccc2C(C)(C)c2ccccc2F)c(C)c1. The number of pyridine rings is 2. The van der Waals surface area contributed by atoms with Crippen LogP contribution in [0.4, 0.5) is 4.39 Å². The van der Waals surface area contributed by atoms with Crippen molar-refractivity contribution < 1.29 is 4.39 Å². The zero-order valence-electron chi connectivity index (χ0n) is 19.7. The number of hydrogen-bond donors (Lipinski definition) is 1. The van der Waals surface area contributed by atoms with Crippen LogP contribution in [0.25, 0.3) is 0 Å². The fourth-order valence-corrected chi connectivity index (χ4v) is 4.27. The van der Waals surface area contributed by atoms with E-state index in [-0.39, 0.29) is 5.82 Å². The van der Waals surface area contributed by atoms with Gasteiger partial charge < -0.3 is 5.73 Å². The minimum Gasteiger partial charge on any atom is -0.330 e. The fourth-order valence-electron chi connectivity index (χ4n) is 4.27. The lowest BCUT2D eigenvalue weighted by molar-refractivity contribution is 0.243. The first-order chi connectivity index (χ1) is 15.3. The van der Waals surface area contributed by atoms with E-state index in [0.717, 1.165) is 42.9 Å². The van der Waals surface area contributed by atoms with Crippen LogP contribution in [-0.2, 0) is 18.5 Å². The number of hydrogen-bond acceptors (Lipinski definition) is 4. The Bertz CT molecular complexity index is 1030. The first-order valence-corrected chi connectivity index (χ1v) is 11.4. The van der Waals surface area contributed by atoms with Crippen molar-refractivity contribution in [1.29, 1.82) is 0 Å². The summed E-state index contributed by atoms with van der Waals surface area (Å²) in [6.07, 6.45) is 5.74. The first kappa shape index (κ1) is 24.0. The third kappa shape index (κ3) is 5.78. The normalized spacial score (nSPS) is 11.8. The third-order valence-corrected chi connectivity index (χ3v) is 6.11. The van der Waals surface area contributed by atoms with E-state index < -0.39 is 5.41 Å². The zero-order valence-corrected chi connectivity index (χ0v) is 19.7. The van der Waals surface area contributed by atoms with Crippen molar-refractivity contribution in [2.45, 2.75) is 59.0 Å². The second-order valence-electron chi connectivity index (χ2n) is 9.09. The Balaban J connectivity index is 1.92. The predicted octanol–water partition coefficient (Wildman–Crippen LogP) is 5.30. The second kappa shape index (κ2) is 10.8. The van der Waals surface area contributed by atoms with Crippen LogP contribution >= 0.6 is 0 Å². The summed E-state index contributed by atoms with van der Waals surface area (Å²) in [7, 11) is 0. The van der Waals surface area contributed by atoms with Crippen molar-refractivity contribution >= 4 is 0 Å². The van der Waals surface area contributed by atoms with Crippen molar-refractivity contribution in [3.05, 3.63) is 94.3 Å². The molecule has 2 N–H and O–H groups in total. The minimum absolute atomic E-state index is 0.188. The number of nitrogens with zero attached hydrogens (tertiary/aromatic N) is 3. The molecule has 5 heteroatoms. The van der Waals surface area contributed by atoms with Crippen molar-refractivity contribution in [1.82, 2.24) is 14.9 Å². The highest BCUT2D eigenvalue weighted by atomic mass is 19.1. The van der Waals surface area contributed by atoms with Gasteiger partial charge in [0.1, 0.15) is 5.82 Å². The van der Waals surface area contributed by atoms with Crippen molar-refractivity contribution in [3.63, 3.8) is 0 Å². The van der Waals surface area contributed by atoms with Gasteiger partial charge in [-0.25, -0.2) is 4.39 Å². The summed E-state index contributed by atoms with van der Waals surface area (Å²) >= 11 is 0. The molecule has 0 atom stereocenters. The van der Waals surface area contributed by atoms with Gasteiger partial charge >= 0.3 is 0 Å². The molecule has 0 saturated heterocycles. The Morgan fingerprint density at radius 1 is 0.938 bits per heavy atom. The van der Waals surface area contributed by atoms with Crippen LogP contribution in [0.2, 0.25) is 0 Å². The lowest BCUT2D eigenvalue weighted by Crippen LogP contribution is -2.29. The third-order valence-electron chi connectivity index (χ3n) is 6.11. The van der Waals surface area contributed by atoms with Crippen LogP contribution in [0, 0.1) is 19.7 Å². The standard InChI is InChI=1S/C27H35FN4/c1-20-16-21(2)25(31-17-20)18-32(15-8-7-13-29)19-26-23(11-9-14-30-26)27(3,4)22-10-5-6-12-24(22)28/h5-6,9-12,14,16-17H,7-8,13,15,18-19,29H2,1-4H3. The van der Waals surface area contributed by atoms with Crippen molar-refractivity contribution in [2.75, 3.05) is 13.1 Å². The maximum Gasteiger partial charge on any atom is 0.127 e. The van der Waals surface area contributed by atoms with Gasteiger partial charge in [-0.1, -0.05) is 44.2 Å². The largest absolute Gasteiger partial charge is 0.330 e. The highest BCUT2D eigenvalue weighted by Gasteiger charge is 2.29. The number of aromatic nitrogens is 2. The molecular weight excluding hydrogens is 399 g/mol. The molecule has 0 aliphatic carbocycles. The Morgan fingerprint density at radius 3 is 2.38 bits per heavy atom. The van der Waals surface area contributed by atoms with Gasteiger partial charge in [-0.15, -0.1) is 0 Å². The lowest BCUT2D eigenvalue weighted by Gasteiger charge is -2.30. The van der Waals surface area contributed by atoms with E-state index in [1.54, 1.807) is 6.07 Å². The van der Waals surface area contributed by atoms with Crippen LogP contribution in [0.15, 0.2) is 54.9 Å². The molecular formula is C27H35FN4. The number of halogens is 1. The number of unbranched alkanes of at least 4 members (excludes halogenated alkanes) is 1. The monoisotopic (exact) mass is 434 g/mol. The molecule has 2 aromatic heterocycles. The molecule has 0 aliphatic heterocycles. The van der Waals surface area contributed by atoms with Gasteiger partial charge in [0.2, 0.25) is 0 Å². The van der Waals surface area contributed by atoms with E-state index in [1.807, 2.05) is 30.6 Å². The topological polar surface area (TPSA) is 55.0 Å². The molecule has 1 aromatic carbocycles. The number of rotatable bonds is 10. The molecule has 170 valence electrons. The first-order valence-electron chi connectivity index (χ1n) is 11.4. The summed E-state index contributed by atoms with van der Waals surface area (Å²) in [5, 5.41) is 0. The summed E-state index contributed by atoms with van der Waals surface area (Å²) in [5.74, 6) is -0.188. The average Bonchev–Trinajstić information content (AvgIpc) is 2.76. The van der Waals surface area contributed by atoms with Gasteiger partial charge in [0.15, 0.2) is 0 Å². The molecule has 0 aliphatic rings. The van der Waals surface area contributed by atoms with Crippen LogP contribution in [0.3, 0.4) is 0 Å². The van der Waals surface area contributed by atoms with Crippen LogP contribution < -0.4 is 5.73 Å². The Kier molecular flexibility index (Phi) is 8.10. The van der Waals surface area contributed by atoms with Crippen LogP contribution in [-0.4, -0.2) is 28.0 Å². The predicted molar refractivity (Wildman–Crippen MR) is 129 cm³/mol. The number of benzene rings is 1. The molecule has 3 rings (SSSR count). The van der Waals surface area contributed by atoms with Gasteiger partial charge in [-0.3, -0.25) is 14.9 Å². The quantitative estimate of drug-likeness (QED) is 0.440. The molecule has 0 unspecified atom stereocenters. The van der Waals surface area contributed by atoms with E-state index in [1.165, 1.54) is 17.2 Å². The molecule has 32 heavy (non-hydrogen) atoms. The van der Waals surface area contributed by atoms with Gasteiger partial charge in [-0.2, -0.15) is 0 Å². The van der Waals surface area contributed by atoms with Gasteiger partial charge in [0.05, 0.1) is 11.4 Å². The van der Waals surface area contributed by atoms with Gasteiger partial charge in [-0.05, 0) is 74.2 Å². The zero-order chi connectivity index (χ0) is 23.1. The van der Waals surface area contributed by atoms with E-state index in [9.17, 15) is 4.39 Å². The Hall–Kier alpha value is -2.63. The van der Waals surface area contributed by atoms with Crippen LogP contribution in [0.5, 0.6) is 0 Å². The number of aryl methyl sites for hydroxylation is 2. The molecule has 4 nitrogen and oxygen atoms in total. The summed E-state index contributed by atoms with van der Waals surface area (Å²) in [6.45, 7) is 11.3. The van der Waals surface area contributed by atoms with E-state index in [0.29, 0.717) is 18.7 Å². The van der Waals surface area contributed by atoms with E-state index >= 15 is 0 Å². The fraction of sp³-hybridized carbons (Fsp3) is 0.407. The minimum atomic E-state index is -0.504. The average molecular weight is 435 g/mol. The van der Waals surface area contributed by atoms with E-state index in [4.69, 9.17) is 10.7 Å². The summed E-state index contributed by atoms with van der Waals surface area (Å²) in [6, 6.07) is 13.2. The lowest BCUT2D eigenvalue weighted by atomic mass is 9.77. The molecule has 2 heterocycles. The molecule has 3 aromatic rings. The molecule has 0 saturated carbocycles. The summed E-state index contributed by atoms with van der Waals surface area (Å²) < 4.78 is 14.7. The van der Waals surface area contributed by atoms with E-state index in [2.05, 4.69) is 49.7 Å². The highest BCUT2D eigenvalue weighted by molar-refractivity contribution is 5.40. The summed E-state index contributed by atoms with van der Waals surface area (Å²) in [4.78, 5) is 11.8. The molecule has 0 spiro atoms. The molecule has 0 radical (unpaired) electrons. The molecule has 0 fully saturated rings. The smallest absolute Gasteiger partial charge is 0.127 e. The van der Waals surface area contributed by atoms with Gasteiger partial charge in [0.25, 0.3) is 0 Å². The Labute approximate surface area is 191 Å². The molecule has 0 bridgehead atoms.